The van der Waals surface area contributed by atoms with E-state index >= 15 is 0 Å². The summed E-state index contributed by atoms with van der Waals surface area (Å²) in [6, 6.07) is 7.11. The smallest absolute Gasteiger partial charge is 0.262 e. The van der Waals surface area contributed by atoms with Gasteiger partial charge in [-0.05, 0) is 49.1 Å². The van der Waals surface area contributed by atoms with Crippen molar-refractivity contribution < 1.29 is 22.0 Å². The lowest BCUT2D eigenvalue weighted by atomic mass is 10.1. The van der Waals surface area contributed by atoms with Crippen LogP contribution in [0, 0.1) is 17.6 Å². The molecule has 1 aliphatic carbocycles. The number of nitrogens with one attached hydrogen (secondary N) is 1. The van der Waals surface area contributed by atoms with E-state index in [0.717, 1.165) is 49.8 Å². The van der Waals surface area contributed by atoms with Crippen LogP contribution in [0.15, 0.2) is 41.3 Å². The van der Waals surface area contributed by atoms with Crippen LogP contribution in [-0.4, -0.2) is 20.9 Å². The fourth-order valence-corrected chi connectivity index (χ4v) is 5.05. The summed E-state index contributed by atoms with van der Waals surface area (Å²) in [5.41, 5.74) is 1.92. The molecule has 1 heterocycles. The minimum Gasteiger partial charge on any atom is -0.312 e. The van der Waals surface area contributed by atoms with Crippen LogP contribution in [0.4, 0.5) is 20.2 Å². The number of carbonyl (C=O) groups excluding carboxylic acids is 1. The number of halogens is 2. The molecule has 8 heteroatoms. The largest absolute Gasteiger partial charge is 0.312 e. The van der Waals surface area contributed by atoms with E-state index in [0.29, 0.717) is 18.3 Å². The lowest BCUT2D eigenvalue weighted by molar-refractivity contribution is -0.122. The number of carbonyl (C=O) groups is 1. The van der Waals surface area contributed by atoms with Crippen molar-refractivity contribution in [2.24, 2.45) is 5.92 Å². The molecule has 148 valence electrons. The molecule has 0 spiro atoms. The molecule has 0 unspecified atom stereocenters. The summed E-state index contributed by atoms with van der Waals surface area (Å²) in [5, 5.41) is 0. The van der Waals surface area contributed by atoms with Crippen molar-refractivity contribution in [3.05, 3.63) is 53.6 Å². The molecule has 1 saturated carbocycles. The maximum atomic E-state index is 13.4. The van der Waals surface area contributed by atoms with Gasteiger partial charge in [-0.15, -0.1) is 0 Å². The first-order chi connectivity index (χ1) is 13.3. The number of nitrogens with zero attached hydrogens (tertiary/aromatic N) is 1. The number of hydrogen-bond donors (Lipinski definition) is 1. The number of rotatable bonds is 4. The van der Waals surface area contributed by atoms with Crippen molar-refractivity contribution in [1.29, 1.82) is 0 Å². The molecule has 0 atom stereocenters. The lowest BCUT2D eigenvalue weighted by Crippen LogP contribution is -2.33. The Kier molecular flexibility index (Phi) is 4.82. The molecule has 28 heavy (non-hydrogen) atoms. The van der Waals surface area contributed by atoms with Crippen LogP contribution in [0.5, 0.6) is 0 Å². The number of amides is 1. The Morgan fingerprint density at radius 1 is 1.04 bits per heavy atom. The highest BCUT2D eigenvalue weighted by Crippen LogP contribution is 2.35. The Bertz CT molecular complexity index is 1010. The number of hydrogen-bond acceptors (Lipinski definition) is 3. The van der Waals surface area contributed by atoms with Gasteiger partial charge in [0.1, 0.15) is 11.6 Å². The van der Waals surface area contributed by atoms with Gasteiger partial charge in [0.05, 0.1) is 10.6 Å². The molecule has 1 N–H and O–H groups in total. The molecule has 2 aliphatic rings. The molecule has 1 fully saturated rings. The first-order valence-corrected chi connectivity index (χ1v) is 10.7. The Morgan fingerprint density at radius 3 is 2.39 bits per heavy atom. The van der Waals surface area contributed by atoms with Crippen LogP contribution >= 0.6 is 0 Å². The summed E-state index contributed by atoms with van der Waals surface area (Å²) < 4.78 is 54.1. The third kappa shape index (κ3) is 3.61. The molecular formula is C20H20F2N2O3S. The topological polar surface area (TPSA) is 66.5 Å². The highest BCUT2D eigenvalue weighted by Gasteiger charge is 2.32. The van der Waals surface area contributed by atoms with E-state index in [-0.39, 0.29) is 17.5 Å². The van der Waals surface area contributed by atoms with Crippen LogP contribution in [0.1, 0.15) is 31.2 Å². The Labute approximate surface area is 162 Å². The monoisotopic (exact) mass is 406 g/mol. The molecule has 2 aromatic rings. The van der Waals surface area contributed by atoms with E-state index < -0.39 is 26.6 Å². The number of benzene rings is 2. The summed E-state index contributed by atoms with van der Waals surface area (Å²) in [6.07, 6.45) is 4.61. The molecule has 1 amide bonds. The molecule has 5 nitrogen and oxygen atoms in total. The van der Waals surface area contributed by atoms with E-state index in [1.54, 1.807) is 23.1 Å². The zero-order chi connectivity index (χ0) is 19.9. The third-order valence-electron chi connectivity index (χ3n) is 5.35. The minimum atomic E-state index is -4.16. The van der Waals surface area contributed by atoms with Crippen LogP contribution in [-0.2, 0) is 21.2 Å². The number of anilines is 2. The SMILES string of the molecule is O=C(C1CCCC1)N1CCc2ccc(NS(=O)(=O)c3cc(F)cc(F)c3)cc21. The summed E-state index contributed by atoms with van der Waals surface area (Å²) in [6.45, 7) is 0.579. The average Bonchev–Trinajstić information content (AvgIpc) is 3.30. The predicted octanol–water partition coefficient (Wildman–Crippen LogP) is 3.84. The quantitative estimate of drug-likeness (QED) is 0.839. The van der Waals surface area contributed by atoms with Crippen LogP contribution in [0.2, 0.25) is 0 Å². The Balaban J connectivity index is 1.60. The summed E-state index contributed by atoms with van der Waals surface area (Å²) >= 11 is 0. The van der Waals surface area contributed by atoms with Gasteiger partial charge in [0.25, 0.3) is 10.0 Å². The summed E-state index contributed by atoms with van der Waals surface area (Å²) in [7, 11) is -4.16. The van der Waals surface area contributed by atoms with Crippen molar-refractivity contribution in [3.63, 3.8) is 0 Å². The van der Waals surface area contributed by atoms with Gasteiger partial charge in [-0.1, -0.05) is 18.9 Å². The predicted molar refractivity (Wildman–Crippen MR) is 102 cm³/mol. The zero-order valence-corrected chi connectivity index (χ0v) is 15.9. The van der Waals surface area contributed by atoms with Gasteiger partial charge in [0, 0.05) is 24.2 Å². The second kappa shape index (κ2) is 7.16. The van der Waals surface area contributed by atoms with Gasteiger partial charge in [-0.2, -0.15) is 0 Å². The second-order valence-corrected chi connectivity index (χ2v) is 8.96. The lowest BCUT2D eigenvalue weighted by Gasteiger charge is -2.21. The fraction of sp³-hybridized carbons (Fsp3) is 0.350. The molecule has 1 aliphatic heterocycles. The van der Waals surface area contributed by atoms with E-state index in [1.165, 1.54) is 0 Å². The Hall–Kier alpha value is -2.48. The zero-order valence-electron chi connectivity index (χ0n) is 15.1. The van der Waals surface area contributed by atoms with Gasteiger partial charge in [0.15, 0.2) is 0 Å². The van der Waals surface area contributed by atoms with E-state index in [2.05, 4.69) is 4.72 Å². The average molecular weight is 406 g/mol. The summed E-state index contributed by atoms with van der Waals surface area (Å²) in [4.78, 5) is 14.0. The van der Waals surface area contributed by atoms with Crippen molar-refractivity contribution in [3.8, 4) is 0 Å². The van der Waals surface area contributed by atoms with Gasteiger partial charge >= 0.3 is 0 Å². The molecule has 2 aromatic carbocycles. The standard InChI is InChI=1S/C20H20F2N2O3S/c21-15-9-16(22)11-18(10-15)28(26,27)23-17-6-5-13-7-8-24(19(13)12-17)20(25)14-3-1-2-4-14/h5-6,9-12,14,23H,1-4,7-8H2. The van der Waals surface area contributed by atoms with Crippen LogP contribution in [0.3, 0.4) is 0 Å². The van der Waals surface area contributed by atoms with Crippen molar-refractivity contribution in [2.75, 3.05) is 16.2 Å². The van der Waals surface area contributed by atoms with Gasteiger partial charge in [0.2, 0.25) is 5.91 Å². The first-order valence-electron chi connectivity index (χ1n) is 9.27. The van der Waals surface area contributed by atoms with Crippen molar-refractivity contribution >= 4 is 27.3 Å². The van der Waals surface area contributed by atoms with Crippen molar-refractivity contribution in [2.45, 2.75) is 37.0 Å². The van der Waals surface area contributed by atoms with Gasteiger partial charge in [-0.3, -0.25) is 9.52 Å². The second-order valence-electron chi connectivity index (χ2n) is 7.28. The fourth-order valence-electron chi connectivity index (χ4n) is 3.96. The van der Waals surface area contributed by atoms with Gasteiger partial charge < -0.3 is 4.90 Å². The number of sulfonamides is 1. The Morgan fingerprint density at radius 2 is 1.71 bits per heavy atom. The van der Waals surface area contributed by atoms with Crippen LogP contribution in [0.25, 0.3) is 0 Å². The van der Waals surface area contributed by atoms with Crippen LogP contribution < -0.4 is 9.62 Å². The number of fused-ring (bicyclic) bond motifs is 1. The van der Waals surface area contributed by atoms with E-state index in [1.807, 2.05) is 0 Å². The molecular weight excluding hydrogens is 386 g/mol. The molecule has 4 rings (SSSR count). The normalized spacial score (nSPS) is 17.0. The highest BCUT2D eigenvalue weighted by molar-refractivity contribution is 7.92. The third-order valence-corrected chi connectivity index (χ3v) is 6.71. The highest BCUT2D eigenvalue weighted by atomic mass is 32.2. The maximum absolute atomic E-state index is 13.4. The van der Waals surface area contributed by atoms with Crippen molar-refractivity contribution in [1.82, 2.24) is 0 Å². The molecule has 0 radical (unpaired) electrons. The maximum Gasteiger partial charge on any atom is 0.262 e. The molecule has 0 aromatic heterocycles. The van der Waals surface area contributed by atoms with Gasteiger partial charge in [-0.25, -0.2) is 17.2 Å². The molecule has 0 saturated heterocycles. The minimum absolute atomic E-state index is 0.0292. The first kappa shape index (κ1) is 18.9. The molecule has 0 bridgehead atoms. The van der Waals surface area contributed by atoms with E-state index in [4.69, 9.17) is 0 Å². The van der Waals surface area contributed by atoms with E-state index in [9.17, 15) is 22.0 Å². The summed E-state index contributed by atoms with van der Waals surface area (Å²) in [5.74, 6) is -1.82.